The van der Waals surface area contributed by atoms with E-state index in [1.165, 1.54) is 31.2 Å². The van der Waals surface area contributed by atoms with Crippen LogP contribution in [0.1, 0.15) is 18.1 Å². The van der Waals surface area contributed by atoms with E-state index in [0.717, 1.165) is 11.1 Å². The third-order valence-electron chi connectivity index (χ3n) is 3.67. The number of non-ortho nitro benzene ring substituents is 1. The second-order valence-electron chi connectivity index (χ2n) is 5.88. The SMILES string of the molecule is Cc1ccc(CNC(=O)[C@@H](C)OC(=O)COc2ccc([N+](=O)[O-])cc2)cc1. The molecule has 8 heteroatoms. The van der Waals surface area contributed by atoms with Crippen LogP contribution in [0.15, 0.2) is 48.5 Å². The summed E-state index contributed by atoms with van der Waals surface area (Å²) in [4.78, 5) is 33.8. The van der Waals surface area contributed by atoms with Crippen molar-refractivity contribution < 1.29 is 24.0 Å². The van der Waals surface area contributed by atoms with E-state index in [4.69, 9.17) is 9.47 Å². The summed E-state index contributed by atoms with van der Waals surface area (Å²) < 4.78 is 10.2. The average Bonchev–Trinajstić information content (AvgIpc) is 2.66. The summed E-state index contributed by atoms with van der Waals surface area (Å²) in [6.07, 6.45) is -0.969. The fourth-order valence-electron chi connectivity index (χ4n) is 2.13. The smallest absolute Gasteiger partial charge is 0.344 e. The first-order valence-corrected chi connectivity index (χ1v) is 8.25. The Morgan fingerprint density at radius 2 is 1.74 bits per heavy atom. The predicted octanol–water partition coefficient (Wildman–Crippen LogP) is 2.53. The number of hydrogen-bond donors (Lipinski definition) is 1. The monoisotopic (exact) mass is 372 g/mol. The molecule has 27 heavy (non-hydrogen) atoms. The lowest BCUT2D eigenvalue weighted by molar-refractivity contribution is -0.384. The number of nitro groups is 1. The topological polar surface area (TPSA) is 108 Å². The highest BCUT2D eigenvalue weighted by Crippen LogP contribution is 2.17. The summed E-state index contributed by atoms with van der Waals surface area (Å²) in [5.74, 6) is -0.848. The first kappa shape index (κ1) is 19.9. The van der Waals surface area contributed by atoms with Crippen LogP contribution in [0.2, 0.25) is 0 Å². The Morgan fingerprint density at radius 1 is 1.11 bits per heavy atom. The number of nitrogens with zero attached hydrogens (tertiary/aromatic N) is 1. The molecule has 8 nitrogen and oxygen atoms in total. The van der Waals surface area contributed by atoms with E-state index in [1.807, 2.05) is 31.2 Å². The lowest BCUT2D eigenvalue weighted by atomic mass is 10.1. The molecule has 0 bridgehead atoms. The highest BCUT2D eigenvalue weighted by molar-refractivity contribution is 5.83. The van der Waals surface area contributed by atoms with Crippen LogP contribution in [0.3, 0.4) is 0 Å². The van der Waals surface area contributed by atoms with Crippen LogP contribution in [0, 0.1) is 17.0 Å². The van der Waals surface area contributed by atoms with Gasteiger partial charge in [0, 0.05) is 18.7 Å². The molecule has 0 aromatic heterocycles. The zero-order valence-electron chi connectivity index (χ0n) is 15.0. The van der Waals surface area contributed by atoms with Crippen LogP contribution in [0.25, 0.3) is 0 Å². The summed E-state index contributed by atoms with van der Waals surface area (Å²) in [5.41, 5.74) is 1.98. The van der Waals surface area contributed by atoms with Crippen molar-refractivity contribution in [1.82, 2.24) is 5.32 Å². The van der Waals surface area contributed by atoms with E-state index in [-0.39, 0.29) is 11.4 Å². The molecule has 0 spiro atoms. The third kappa shape index (κ3) is 6.43. The number of carbonyl (C=O) groups excluding carboxylic acids is 2. The number of rotatable bonds is 8. The number of carbonyl (C=O) groups is 2. The first-order chi connectivity index (χ1) is 12.8. The number of ether oxygens (including phenoxy) is 2. The second-order valence-corrected chi connectivity index (χ2v) is 5.88. The van der Waals surface area contributed by atoms with E-state index in [1.54, 1.807) is 0 Å². The Kier molecular flexibility index (Phi) is 6.87. The number of hydrogen-bond acceptors (Lipinski definition) is 6. The summed E-state index contributed by atoms with van der Waals surface area (Å²) in [6, 6.07) is 13.0. The van der Waals surface area contributed by atoms with Crippen molar-refractivity contribution in [3.05, 3.63) is 69.8 Å². The lowest BCUT2D eigenvalue weighted by Gasteiger charge is -2.14. The molecule has 1 N–H and O–H groups in total. The van der Waals surface area contributed by atoms with Crippen molar-refractivity contribution in [3.63, 3.8) is 0 Å². The molecule has 2 rings (SSSR count). The van der Waals surface area contributed by atoms with E-state index in [2.05, 4.69) is 5.32 Å². The number of aryl methyl sites for hydroxylation is 1. The van der Waals surface area contributed by atoms with Gasteiger partial charge in [0.25, 0.3) is 11.6 Å². The summed E-state index contributed by atoms with van der Waals surface area (Å²) in [6.45, 7) is 3.37. The predicted molar refractivity (Wildman–Crippen MR) is 97.2 cm³/mol. The van der Waals surface area contributed by atoms with Crippen LogP contribution in [-0.4, -0.2) is 29.5 Å². The van der Waals surface area contributed by atoms with Gasteiger partial charge in [-0.25, -0.2) is 4.79 Å². The fourth-order valence-corrected chi connectivity index (χ4v) is 2.13. The average molecular weight is 372 g/mol. The maximum absolute atomic E-state index is 12.0. The Labute approximate surface area is 156 Å². The highest BCUT2D eigenvalue weighted by atomic mass is 16.6. The molecule has 2 aromatic rings. The second kappa shape index (κ2) is 9.33. The molecule has 0 saturated carbocycles. The van der Waals surface area contributed by atoms with Gasteiger partial charge in [0.2, 0.25) is 0 Å². The largest absolute Gasteiger partial charge is 0.482 e. The molecule has 1 amide bonds. The molecule has 0 fully saturated rings. The lowest BCUT2D eigenvalue weighted by Crippen LogP contribution is -2.36. The summed E-state index contributed by atoms with van der Waals surface area (Å²) in [7, 11) is 0. The Morgan fingerprint density at radius 3 is 2.33 bits per heavy atom. The van der Waals surface area contributed by atoms with E-state index in [9.17, 15) is 19.7 Å². The maximum Gasteiger partial charge on any atom is 0.344 e. The number of esters is 1. The van der Waals surface area contributed by atoms with Crippen LogP contribution >= 0.6 is 0 Å². The standard InChI is InChI=1S/C19H20N2O6/c1-13-3-5-15(6-4-13)11-20-19(23)14(2)27-18(22)12-26-17-9-7-16(8-10-17)21(24)25/h3-10,14H,11-12H2,1-2H3,(H,20,23)/t14-/m1/s1. The first-order valence-electron chi connectivity index (χ1n) is 8.25. The van der Waals surface area contributed by atoms with Crippen molar-refractivity contribution in [2.24, 2.45) is 0 Å². The van der Waals surface area contributed by atoms with Crippen molar-refractivity contribution in [3.8, 4) is 5.75 Å². The molecule has 0 radical (unpaired) electrons. The molecular weight excluding hydrogens is 352 g/mol. The molecule has 2 aromatic carbocycles. The Balaban J connectivity index is 1.74. The van der Waals surface area contributed by atoms with Crippen molar-refractivity contribution in [1.29, 1.82) is 0 Å². The fraction of sp³-hybridized carbons (Fsp3) is 0.263. The quantitative estimate of drug-likeness (QED) is 0.433. The molecule has 0 saturated heterocycles. The molecule has 1 atom stereocenters. The minimum absolute atomic E-state index is 0.0798. The Hall–Kier alpha value is -3.42. The minimum atomic E-state index is -0.969. The highest BCUT2D eigenvalue weighted by Gasteiger charge is 2.18. The maximum atomic E-state index is 12.0. The normalized spacial score (nSPS) is 11.3. The minimum Gasteiger partial charge on any atom is -0.482 e. The molecule has 0 aliphatic heterocycles. The van der Waals surface area contributed by atoms with Gasteiger partial charge < -0.3 is 14.8 Å². The van der Waals surface area contributed by atoms with Gasteiger partial charge >= 0.3 is 5.97 Å². The van der Waals surface area contributed by atoms with Gasteiger partial charge in [-0.15, -0.1) is 0 Å². The van der Waals surface area contributed by atoms with E-state index < -0.39 is 29.5 Å². The van der Waals surface area contributed by atoms with Crippen LogP contribution in [-0.2, 0) is 20.9 Å². The summed E-state index contributed by atoms with van der Waals surface area (Å²) in [5, 5.41) is 13.3. The van der Waals surface area contributed by atoms with Crippen molar-refractivity contribution in [2.45, 2.75) is 26.5 Å². The number of nitrogens with one attached hydrogen (secondary N) is 1. The van der Waals surface area contributed by atoms with Crippen molar-refractivity contribution in [2.75, 3.05) is 6.61 Å². The molecular formula is C19H20N2O6. The van der Waals surface area contributed by atoms with Gasteiger partial charge in [0.05, 0.1) is 4.92 Å². The third-order valence-corrected chi connectivity index (χ3v) is 3.67. The van der Waals surface area contributed by atoms with Gasteiger partial charge in [-0.05, 0) is 31.5 Å². The van der Waals surface area contributed by atoms with Gasteiger partial charge in [0.15, 0.2) is 12.7 Å². The number of benzene rings is 2. The molecule has 0 aliphatic carbocycles. The van der Waals surface area contributed by atoms with Crippen LogP contribution in [0.5, 0.6) is 5.75 Å². The number of amides is 1. The Bertz CT molecular complexity index is 802. The van der Waals surface area contributed by atoms with Gasteiger partial charge in [-0.1, -0.05) is 29.8 Å². The molecule has 0 heterocycles. The number of nitro benzene ring substituents is 1. The zero-order chi connectivity index (χ0) is 19.8. The van der Waals surface area contributed by atoms with Crippen LogP contribution < -0.4 is 10.1 Å². The molecule has 0 aliphatic rings. The van der Waals surface area contributed by atoms with E-state index in [0.29, 0.717) is 6.54 Å². The van der Waals surface area contributed by atoms with Gasteiger partial charge in [0.1, 0.15) is 5.75 Å². The van der Waals surface area contributed by atoms with Gasteiger partial charge in [-0.3, -0.25) is 14.9 Å². The van der Waals surface area contributed by atoms with Crippen molar-refractivity contribution >= 4 is 17.6 Å². The summed E-state index contributed by atoms with van der Waals surface area (Å²) >= 11 is 0. The van der Waals surface area contributed by atoms with E-state index >= 15 is 0 Å². The zero-order valence-corrected chi connectivity index (χ0v) is 15.0. The molecule has 142 valence electrons. The van der Waals surface area contributed by atoms with Gasteiger partial charge in [-0.2, -0.15) is 0 Å². The van der Waals surface area contributed by atoms with Crippen LogP contribution in [0.4, 0.5) is 5.69 Å². The molecule has 0 unspecified atom stereocenters.